The van der Waals surface area contributed by atoms with Crippen LogP contribution in [0, 0.1) is 5.82 Å². The number of hydrogen-bond donors (Lipinski definition) is 0. The lowest BCUT2D eigenvalue weighted by atomic mass is 10.1. The summed E-state index contributed by atoms with van der Waals surface area (Å²) in [6.07, 6.45) is 1.08. The Labute approximate surface area is 212 Å². The highest BCUT2D eigenvalue weighted by Crippen LogP contribution is 2.47. The van der Waals surface area contributed by atoms with Gasteiger partial charge in [0.15, 0.2) is 5.75 Å². The highest BCUT2D eigenvalue weighted by atomic mass is 32.1. The van der Waals surface area contributed by atoms with Crippen LogP contribution in [0.4, 0.5) is 4.39 Å². The Kier molecular flexibility index (Phi) is 7.23. The van der Waals surface area contributed by atoms with E-state index >= 15 is 0 Å². The number of benzene rings is 3. The number of fused-ring (bicyclic) bond motifs is 1. The number of nitrogens with zero attached hydrogens (tertiary/aromatic N) is 1. The summed E-state index contributed by atoms with van der Waals surface area (Å²) in [6.45, 7) is 0.480. The largest absolute Gasteiger partial charge is 0.489 e. The van der Waals surface area contributed by atoms with E-state index in [2.05, 4.69) is 4.98 Å². The minimum atomic E-state index is -0.551. The molecule has 5 rings (SSSR count). The van der Waals surface area contributed by atoms with Gasteiger partial charge in [-0.05, 0) is 53.6 Å². The van der Waals surface area contributed by atoms with Crippen molar-refractivity contribution in [2.75, 3.05) is 14.2 Å². The van der Waals surface area contributed by atoms with Crippen molar-refractivity contribution in [1.82, 2.24) is 4.98 Å². The average Bonchev–Trinajstić information content (AvgIpc) is 3.27. The van der Waals surface area contributed by atoms with Gasteiger partial charge in [-0.2, -0.15) is 0 Å². The van der Waals surface area contributed by atoms with Gasteiger partial charge in [-0.25, -0.2) is 4.39 Å². The third-order valence-electron chi connectivity index (χ3n) is 5.62. The molecule has 0 bridgehead atoms. The minimum absolute atomic E-state index is 0.287. The quantitative estimate of drug-likeness (QED) is 0.193. The van der Waals surface area contributed by atoms with Gasteiger partial charge in [0.1, 0.15) is 23.9 Å². The molecular weight excluding hydrogens is 477 g/mol. The Morgan fingerprint density at radius 3 is 2.31 bits per heavy atom. The monoisotopic (exact) mass is 501 g/mol. The first kappa shape index (κ1) is 23.9. The maximum Gasteiger partial charge on any atom is 0.200 e. The van der Waals surface area contributed by atoms with E-state index in [1.165, 1.54) is 12.1 Å². The lowest BCUT2D eigenvalue weighted by Gasteiger charge is -2.13. The average molecular weight is 502 g/mol. The van der Waals surface area contributed by atoms with Gasteiger partial charge in [0, 0.05) is 24.3 Å². The Hall–Kier alpha value is -3.78. The van der Waals surface area contributed by atoms with Crippen molar-refractivity contribution < 1.29 is 23.3 Å². The number of halogens is 1. The second-order valence-corrected chi connectivity index (χ2v) is 9.08. The van der Waals surface area contributed by atoms with E-state index < -0.39 is 6.29 Å². The summed E-state index contributed by atoms with van der Waals surface area (Å²) in [6, 6.07) is 26.0. The van der Waals surface area contributed by atoms with Gasteiger partial charge in [0.05, 0.1) is 16.8 Å². The van der Waals surface area contributed by atoms with Gasteiger partial charge >= 0.3 is 0 Å². The van der Waals surface area contributed by atoms with E-state index in [0.717, 1.165) is 31.8 Å². The number of rotatable bonds is 9. The summed E-state index contributed by atoms with van der Waals surface area (Å²) in [4.78, 5) is 5.31. The molecule has 0 fully saturated rings. The predicted octanol–water partition coefficient (Wildman–Crippen LogP) is 7.77. The van der Waals surface area contributed by atoms with Crippen LogP contribution in [0.5, 0.6) is 17.2 Å². The minimum Gasteiger partial charge on any atom is -0.489 e. The Morgan fingerprint density at radius 1 is 0.861 bits per heavy atom. The number of hydrogen-bond acceptors (Lipinski definition) is 6. The van der Waals surface area contributed by atoms with Crippen molar-refractivity contribution in [3.8, 4) is 27.7 Å². The van der Waals surface area contributed by atoms with Gasteiger partial charge < -0.3 is 18.9 Å². The van der Waals surface area contributed by atoms with Gasteiger partial charge in [0.2, 0.25) is 6.29 Å². The van der Waals surface area contributed by atoms with Crippen LogP contribution in [0.3, 0.4) is 0 Å². The van der Waals surface area contributed by atoms with E-state index in [-0.39, 0.29) is 5.82 Å². The molecule has 0 spiro atoms. The molecule has 5 aromatic rings. The molecule has 0 aliphatic carbocycles. The van der Waals surface area contributed by atoms with E-state index in [0.29, 0.717) is 23.8 Å². The molecular formula is C29H24FNO4S. The standard InChI is InChI=1S/C29H24FNO4S/c1-32-29(33-2)25-15-13-23(17-31-25)35-27-24-14-12-22(34-18-19-6-4-3-5-7-19)16-26(24)36-28(27)20-8-10-21(30)11-9-20/h3-17,29H,18H2,1-2H3. The third kappa shape index (κ3) is 5.23. The summed E-state index contributed by atoms with van der Waals surface area (Å²) in [5, 5.41) is 0.933. The first-order valence-corrected chi connectivity index (χ1v) is 12.1. The maximum atomic E-state index is 13.6. The maximum absolute atomic E-state index is 13.6. The van der Waals surface area contributed by atoms with Crippen molar-refractivity contribution in [3.63, 3.8) is 0 Å². The fraction of sp³-hybridized carbons (Fsp3) is 0.138. The predicted molar refractivity (Wildman–Crippen MR) is 139 cm³/mol. The number of ether oxygens (including phenoxy) is 4. The van der Waals surface area contributed by atoms with Crippen molar-refractivity contribution in [2.24, 2.45) is 0 Å². The van der Waals surface area contributed by atoms with Crippen molar-refractivity contribution >= 4 is 21.4 Å². The van der Waals surface area contributed by atoms with Crippen LogP contribution in [-0.4, -0.2) is 19.2 Å². The summed E-state index contributed by atoms with van der Waals surface area (Å²) in [5.41, 5.74) is 2.60. The third-order valence-corrected chi connectivity index (χ3v) is 6.80. The SMILES string of the molecule is COC(OC)c1ccc(Oc2c(-c3ccc(F)cc3)sc3cc(OCc4ccccc4)ccc23)cn1. The zero-order chi connectivity index (χ0) is 24.9. The molecule has 0 saturated heterocycles. The van der Waals surface area contributed by atoms with Crippen LogP contribution >= 0.6 is 11.3 Å². The molecule has 5 nitrogen and oxygen atoms in total. The van der Waals surface area contributed by atoms with Crippen LogP contribution < -0.4 is 9.47 Å². The summed E-state index contributed by atoms with van der Waals surface area (Å²) in [5.74, 6) is 1.73. The molecule has 0 atom stereocenters. The molecule has 2 heterocycles. The number of aromatic nitrogens is 1. The lowest BCUT2D eigenvalue weighted by Crippen LogP contribution is -2.05. The first-order chi connectivity index (χ1) is 17.6. The van der Waals surface area contributed by atoms with E-state index in [1.54, 1.807) is 50.0 Å². The van der Waals surface area contributed by atoms with E-state index in [1.807, 2.05) is 54.6 Å². The second-order valence-electron chi connectivity index (χ2n) is 8.02. The van der Waals surface area contributed by atoms with E-state index in [9.17, 15) is 4.39 Å². The van der Waals surface area contributed by atoms with Crippen LogP contribution in [0.25, 0.3) is 20.5 Å². The molecule has 0 amide bonds. The molecule has 0 N–H and O–H groups in total. The second kappa shape index (κ2) is 10.9. The molecule has 0 aliphatic rings. The Balaban J connectivity index is 1.48. The molecule has 0 radical (unpaired) electrons. The fourth-order valence-corrected chi connectivity index (χ4v) is 4.99. The van der Waals surface area contributed by atoms with Crippen molar-refractivity contribution in [1.29, 1.82) is 0 Å². The highest BCUT2D eigenvalue weighted by Gasteiger charge is 2.18. The zero-order valence-electron chi connectivity index (χ0n) is 19.8. The van der Waals surface area contributed by atoms with Gasteiger partial charge in [0.25, 0.3) is 0 Å². The first-order valence-electron chi connectivity index (χ1n) is 11.3. The van der Waals surface area contributed by atoms with Crippen molar-refractivity contribution in [3.05, 3.63) is 108 Å². The zero-order valence-corrected chi connectivity index (χ0v) is 20.6. The lowest BCUT2D eigenvalue weighted by molar-refractivity contribution is -0.108. The van der Waals surface area contributed by atoms with Crippen molar-refractivity contribution in [2.45, 2.75) is 12.9 Å². The van der Waals surface area contributed by atoms with Gasteiger partial charge in [-0.1, -0.05) is 42.5 Å². The molecule has 0 aliphatic heterocycles. The normalized spacial score (nSPS) is 11.2. The molecule has 0 unspecified atom stereocenters. The summed E-state index contributed by atoms with van der Waals surface area (Å²) >= 11 is 1.57. The van der Waals surface area contributed by atoms with Gasteiger partial charge in [-0.15, -0.1) is 11.3 Å². The smallest absolute Gasteiger partial charge is 0.200 e. The van der Waals surface area contributed by atoms with Gasteiger partial charge in [-0.3, -0.25) is 4.98 Å². The number of methoxy groups -OCH3 is 2. The number of pyridine rings is 1. The molecule has 3 aromatic carbocycles. The topological polar surface area (TPSA) is 49.8 Å². The Morgan fingerprint density at radius 2 is 1.61 bits per heavy atom. The molecule has 2 aromatic heterocycles. The molecule has 7 heteroatoms. The molecule has 182 valence electrons. The summed E-state index contributed by atoms with van der Waals surface area (Å²) in [7, 11) is 3.12. The van der Waals surface area contributed by atoms with Crippen LogP contribution in [0.15, 0.2) is 91.1 Å². The number of thiophene rings is 1. The highest BCUT2D eigenvalue weighted by molar-refractivity contribution is 7.22. The van der Waals surface area contributed by atoms with Crippen LogP contribution in [0.2, 0.25) is 0 Å². The molecule has 0 saturated carbocycles. The van der Waals surface area contributed by atoms with Crippen LogP contribution in [-0.2, 0) is 16.1 Å². The van der Waals surface area contributed by atoms with E-state index in [4.69, 9.17) is 18.9 Å². The molecule has 36 heavy (non-hydrogen) atoms. The Bertz CT molecular complexity index is 1430. The fourth-order valence-electron chi connectivity index (χ4n) is 3.82. The summed E-state index contributed by atoms with van der Waals surface area (Å²) < 4.78 is 37.5. The van der Waals surface area contributed by atoms with Crippen LogP contribution in [0.1, 0.15) is 17.5 Å².